The minimum absolute atomic E-state index is 0.0151. The molecule has 0 aliphatic rings. The van der Waals surface area contributed by atoms with Crippen molar-refractivity contribution in [2.45, 2.75) is 44.8 Å². The standard InChI is InChI=1S/C31H29ClN4O8/c1-18-26(44-31(41)43-18)17-42-30(40)25(37)15-23(13-19-8-10-20(11-9-19)21-5-4-6-22(32)14-21)34-29(39)24-16-28(38)36(35-24)27-7-2-3-12-33-27/h2-12,14,16,23,25,30,35,37,40H,13,15,17H2,1H3,(H,34,39)/t23-,25-,30?/m1/s1. The number of H-pyrrole nitrogens is 1. The molecule has 3 atom stereocenters. The number of nitrogens with zero attached hydrogens (tertiary/aromatic N) is 2. The molecule has 1 unspecified atom stereocenters. The van der Waals surface area contributed by atoms with Gasteiger partial charge >= 0.3 is 5.82 Å². The van der Waals surface area contributed by atoms with Crippen molar-refractivity contribution in [3.8, 4) is 16.9 Å². The Morgan fingerprint density at radius 2 is 1.84 bits per heavy atom. The van der Waals surface area contributed by atoms with Gasteiger partial charge in [-0.2, -0.15) is 0 Å². The van der Waals surface area contributed by atoms with Crippen LogP contribution in [0, 0.1) is 6.92 Å². The highest BCUT2D eigenvalue weighted by Crippen LogP contribution is 2.24. The first-order valence-electron chi connectivity index (χ1n) is 13.6. The number of pyridine rings is 1. The average molecular weight is 621 g/mol. The maximum Gasteiger partial charge on any atom is 0.519 e. The molecule has 1 amide bonds. The van der Waals surface area contributed by atoms with E-state index in [1.807, 2.05) is 42.5 Å². The smallest absolute Gasteiger partial charge is 0.396 e. The van der Waals surface area contributed by atoms with Crippen LogP contribution in [0.25, 0.3) is 16.9 Å². The first-order chi connectivity index (χ1) is 21.2. The molecule has 228 valence electrons. The molecule has 0 bridgehead atoms. The van der Waals surface area contributed by atoms with E-state index >= 15 is 0 Å². The van der Waals surface area contributed by atoms with Crippen LogP contribution in [-0.4, -0.2) is 49.3 Å². The molecule has 5 rings (SSSR count). The number of halogens is 1. The van der Waals surface area contributed by atoms with Crippen LogP contribution in [0.1, 0.15) is 34.0 Å². The van der Waals surface area contributed by atoms with Crippen LogP contribution >= 0.6 is 11.6 Å². The van der Waals surface area contributed by atoms with Crippen molar-refractivity contribution in [2.75, 3.05) is 0 Å². The van der Waals surface area contributed by atoms with Crippen LogP contribution in [0.4, 0.5) is 0 Å². The summed E-state index contributed by atoms with van der Waals surface area (Å²) in [6, 6.07) is 20.5. The summed E-state index contributed by atoms with van der Waals surface area (Å²) in [7, 11) is 0. The van der Waals surface area contributed by atoms with E-state index in [0.717, 1.165) is 27.4 Å². The van der Waals surface area contributed by atoms with Gasteiger partial charge in [-0.15, -0.1) is 0 Å². The van der Waals surface area contributed by atoms with Gasteiger partial charge in [0.05, 0.1) is 0 Å². The van der Waals surface area contributed by atoms with Gasteiger partial charge in [-0.25, -0.2) is 14.5 Å². The number of aliphatic hydroxyl groups is 2. The number of carbonyl (C=O) groups excluding carboxylic acids is 1. The predicted octanol–water partition coefficient (Wildman–Crippen LogP) is 3.36. The van der Waals surface area contributed by atoms with Crippen LogP contribution in [0.3, 0.4) is 0 Å². The molecule has 3 aromatic heterocycles. The van der Waals surface area contributed by atoms with Crippen LogP contribution in [0.15, 0.2) is 97.4 Å². The molecular weight excluding hydrogens is 592 g/mol. The van der Waals surface area contributed by atoms with Crippen molar-refractivity contribution >= 4 is 17.5 Å². The molecule has 0 saturated heterocycles. The number of hydrogen-bond donors (Lipinski definition) is 4. The minimum Gasteiger partial charge on any atom is -0.396 e. The number of nitrogens with one attached hydrogen (secondary N) is 2. The third kappa shape index (κ3) is 7.60. The molecule has 0 fully saturated rings. The SMILES string of the molecule is Cc1oc(=O)oc1COC(O)[C@H](O)C[C@@H](Cc1ccc(-c2cccc(Cl)c2)cc1)NC(=O)c1cc(=O)n(-c2ccccn2)[nH]1. The summed E-state index contributed by atoms with van der Waals surface area (Å²) in [5.41, 5.74) is 2.22. The van der Waals surface area contributed by atoms with E-state index < -0.39 is 35.7 Å². The number of ether oxygens (including phenoxy) is 1. The van der Waals surface area contributed by atoms with E-state index in [-0.39, 0.29) is 36.7 Å². The third-order valence-electron chi connectivity index (χ3n) is 6.85. The number of aromatic amines is 1. The Morgan fingerprint density at radius 3 is 2.52 bits per heavy atom. The summed E-state index contributed by atoms with van der Waals surface area (Å²) in [6.07, 6.45) is -1.45. The molecule has 0 aliphatic carbocycles. The van der Waals surface area contributed by atoms with Gasteiger partial charge in [-0.05, 0) is 60.7 Å². The number of aryl methyl sites for hydroxylation is 1. The Balaban J connectivity index is 1.32. The molecular formula is C31H29ClN4O8. The lowest BCUT2D eigenvalue weighted by Crippen LogP contribution is -2.42. The van der Waals surface area contributed by atoms with Crippen molar-refractivity contribution in [2.24, 2.45) is 0 Å². The Bertz CT molecular complexity index is 1830. The second kappa shape index (κ2) is 13.7. The molecule has 12 nitrogen and oxygen atoms in total. The fourth-order valence-corrected chi connectivity index (χ4v) is 4.79. The number of aromatic nitrogens is 3. The molecule has 2 aromatic carbocycles. The van der Waals surface area contributed by atoms with E-state index in [1.54, 1.807) is 24.3 Å². The van der Waals surface area contributed by atoms with Crippen molar-refractivity contribution in [3.05, 3.63) is 128 Å². The van der Waals surface area contributed by atoms with Gasteiger partial charge in [0.25, 0.3) is 11.5 Å². The quantitative estimate of drug-likeness (QED) is 0.153. The summed E-state index contributed by atoms with van der Waals surface area (Å²) >= 11 is 6.13. The fourth-order valence-electron chi connectivity index (χ4n) is 4.60. The van der Waals surface area contributed by atoms with E-state index in [9.17, 15) is 24.6 Å². The van der Waals surface area contributed by atoms with Crippen molar-refractivity contribution in [3.63, 3.8) is 0 Å². The molecule has 0 radical (unpaired) electrons. The van der Waals surface area contributed by atoms with E-state index in [0.29, 0.717) is 10.8 Å². The van der Waals surface area contributed by atoms with Crippen molar-refractivity contribution < 1.29 is 28.6 Å². The molecule has 0 aliphatic heterocycles. The maximum atomic E-state index is 13.3. The molecule has 0 saturated carbocycles. The summed E-state index contributed by atoms with van der Waals surface area (Å²) < 4.78 is 16.1. The number of amides is 1. The molecule has 3 heterocycles. The highest BCUT2D eigenvalue weighted by Gasteiger charge is 2.26. The Labute approximate surface area is 255 Å². The van der Waals surface area contributed by atoms with Gasteiger partial charge < -0.3 is 29.1 Å². The summed E-state index contributed by atoms with van der Waals surface area (Å²) in [4.78, 5) is 41.2. The van der Waals surface area contributed by atoms with Gasteiger partial charge in [0, 0.05) is 23.3 Å². The van der Waals surface area contributed by atoms with Gasteiger partial charge in [0.2, 0.25) is 0 Å². The van der Waals surface area contributed by atoms with Gasteiger partial charge in [0.1, 0.15) is 24.2 Å². The van der Waals surface area contributed by atoms with E-state index in [4.69, 9.17) is 25.2 Å². The second-order valence-corrected chi connectivity index (χ2v) is 10.5. The highest BCUT2D eigenvalue weighted by atomic mass is 35.5. The zero-order valence-corrected chi connectivity index (χ0v) is 24.2. The summed E-state index contributed by atoms with van der Waals surface area (Å²) in [5.74, 6) is -0.930. The monoisotopic (exact) mass is 620 g/mol. The van der Waals surface area contributed by atoms with E-state index in [2.05, 4.69) is 15.4 Å². The number of rotatable bonds is 12. The predicted molar refractivity (Wildman–Crippen MR) is 159 cm³/mol. The first kappa shape index (κ1) is 30.7. The lowest BCUT2D eigenvalue weighted by atomic mass is 9.97. The van der Waals surface area contributed by atoms with E-state index in [1.165, 1.54) is 13.1 Å². The zero-order chi connectivity index (χ0) is 31.2. The van der Waals surface area contributed by atoms with Crippen LogP contribution in [0.2, 0.25) is 5.02 Å². The Hall–Kier alpha value is -4.75. The molecule has 5 aromatic rings. The summed E-state index contributed by atoms with van der Waals surface area (Å²) in [5, 5.41) is 27.5. The van der Waals surface area contributed by atoms with Crippen molar-refractivity contribution in [1.82, 2.24) is 20.1 Å². The number of aliphatic hydroxyl groups excluding tert-OH is 2. The number of benzene rings is 2. The largest absolute Gasteiger partial charge is 0.519 e. The zero-order valence-electron chi connectivity index (χ0n) is 23.5. The Kier molecular flexibility index (Phi) is 9.56. The molecule has 13 heteroatoms. The average Bonchev–Trinajstić information content (AvgIpc) is 3.56. The van der Waals surface area contributed by atoms with Gasteiger partial charge in [0.15, 0.2) is 17.9 Å². The first-order valence-corrected chi connectivity index (χ1v) is 14.0. The van der Waals surface area contributed by atoms with Gasteiger partial charge in [-0.3, -0.25) is 14.7 Å². The molecule has 44 heavy (non-hydrogen) atoms. The third-order valence-corrected chi connectivity index (χ3v) is 7.08. The minimum atomic E-state index is -1.68. The summed E-state index contributed by atoms with van der Waals surface area (Å²) in [6.45, 7) is 1.18. The number of hydrogen-bond acceptors (Lipinski definition) is 9. The maximum absolute atomic E-state index is 13.3. The van der Waals surface area contributed by atoms with Crippen LogP contribution in [-0.2, 0) is 17.8 Å². The molecule has 4 N–H and O–H groups in total. The fraction of sp³-hybridized carbons (Fsp3) is 0.226. The highest BCUT2D eigenvalue weighted by molar-refractivity contribution is 6.30. The lowest BCUT2D eigenvalue weighted by molar-refractivity contribution is -0.173. The van der Waals surface area contributed by atoms with Crippen LogP contribution < -0.4 is 16.7 Å². The number of carbonyl (C=O) groups is 1. The van der Waals surface area contributed by atoms with Gasteiger partial charge in [-0.1, -0.05) is 54.1 Å². The normalized spacial score (nSPS) is 13.4. The van der Waals surface area contributed by atoms with Crippen LogP contribution in [0.5, 0.6) is 0 Å². The second-order valence-electron chi connectivity index (χ2n) is 10.1. The Morgan fingerprint density at radius 1 is 1.05 bits per heavy atom. The lowest BCUT2D eigenvalue weighted by Gasteiger charge is -2.24. The van der Waals surface area contributed by atoms with Crippen molar-refractivity contribution in [1.29, 1.82) is 0 Å². The molecule has 0 spiro atoms. The topological polar surface area (TPSA) is 173 Å².